The van der Waals surface area contributed by atoms with Crippen LogP contribution in [0.1, 0.15) is 29.8 Å². The number of carbonyl (C=O) groups excluding carboxylic acids is 1. The van der Waals surface area contributed by atoms with E-state index in [0.29, 0.717) is 12.1 Å². The highest BCUT2D eigenvalue weighted by atomic mass is 32.1. The molecule has 0 unspecified atom stereocenters. The molecule has 118 valence electrons. The van der Waals surface area contributed by atoms with Crippen molar-refractivity contribution in [2.45, 2.75) is 19.4 Å². The molecule has 1 atom stereocenters. The minimum Gasteiger partial charge on any atom is -0.872 e. The molecule has 1 amide bonds. The van der Waals surface area contributed by atoms with Gasteiger partial charge >= 0.3 is 0 Å². The minimum atomic E-state index is -0.614. The first-order valence-electron chi connectivity index (χ1n) is 6.84. The maximum Gasteiger partial charge on any atom is 0.269 e. The molecule has 1 aliphatic heterocycles. The first-order chi connectivity index (χ1) is 11.0. The Morgan fingerprint density at radius 1 is 1.43 bits per heavy atom. The minimum absolute atomic E-state index is 0.173. The van der Waals surface area contributed by atoms with Crippen molar-refractivity contribution in [1.82, 2.24) is 5.01 Å². The second-order valence-corrected chi connectivity index (χ2v) is 6.03. The van der Waals surface area contributed by atoms with Gasteiger partial charge in [-0.25, -0.2) is 5.01 Å². The molecule has 7 nitrogen and oxygen atoms in total. The van der Waals surface area contributed by atoms with E-state index in [0.717, 1.165) is 10.9 Å². The lowest BCUT2D eigenvalue weighted by atomic mass is 9.99. The number of hydrazone groups is 1. The zero-order chi connectivity index (χ0) is 16.6. The van der Waals surface area contributed by atoms with Gasteiger partial charge < -0.3 is 5.11 Å². The van der Waals surface area contributed by atoms with Gasteiger partial charge in [0, 0.05) is 25.5 Å². The van der Waals surface area contributed by atoms with Gasteiger partial charge in [-0.1, -0.05) is 12.1 Å². The lowest BCUT2D eigenvalue weighted by Gasteiger charge is -2.24. The van der Waals surface area contributed by atoms with E-state index in [9.17, 15) is 20.0 Å². The summed E-state index contributed by atoms with van der Waals surface area (Å²) in [5.74, 6) is -0.651. The maximum atomic E-state index is 12.1. The summed E-state index contributed by atoms with van der Waals surface area (Å²) in [6, 6.07) is 6.71. The molecule has 0 bridgehead atoms. The third-order valence-corrected chi connectivity index (χ3v) is 4.52. The molecule has 1 aliphatic rings. The topological polar surface area (TPSA) is 98.9 Å². The smallest absolute Gasteiger partial charge is 0.269 e. The summed E-state index contributed by atoms with van der Waals surface area (Å²) in [6.45, 7) is 1.36. The number of hydrogen-bond acceptors (Lipinski definition) is 6. The highest BCUT2D eigenvalue weighted by Gasteiger charge is 2.32. The van der Waals surface area contributed by atoms with Crippen molar-refractivity contribution in [3.63, 3.8) is 0 Å². The van der Waals surface area contributed by atoms with Crippen LogP contribution in [0.2, 0.25) is 0 Å². The normalized spacial score (nSPS) is 17.2. The standard InChI is InChI=1S/C15H13N3O4S/c1-9(19)17-13(8-12(16-17)15-3-2-6-23-15)11-7-10(18(21)22)4-5-14(11)20/h2-7,13,20H,8H2,1H3/p-1/t13-/m0/s1. The summed E-state index contributed by atoms with van der Waals surface area (Å²) in [4.78, 5) is 23.2. The fraction of sp³-hybridized carbons (Fsp3) is 0.200. The molecule has 0 fully saturated rings. The zero-order valence-electron chi connectivity index (χ0n) is 12.1. The lowest BCUT2D eigenvalue weighted by Crippen LogP contribution is -2.25. The van der Waals surface area contributed by atoms with Crippen molar-refractivity contribution >= 4 is 28.6 Å². The molecule has 0 saturated heterocycles. The van der Waals surface area contributed by atoms with Crippen LogP contribution in [0.3, 0.4) is 0 Å². The van der Waals surface area contributed by atoms with E-state index in [1.807, 2.05) is 17.5 Å². The average Bonchev–Trinajstić information content (AvgIpc) is 3.16. The van der Waals surface area contributed by atoms with Crippen LogP contribution >= 0.6 is 11.3 Å². The first-order valence-corrected chi connectivity index (χ1v) is 7.72. The number of nitro groups is 1. The number of benzene rings is 1. The van der Waals surface area contributed by atoms with Gasteiger partial charge in [-0.2, -0.15) is 5.10 Å². The van der Waals surface area contributed by atoms with Crippen molar-refractivity contribution in [3.8, 4) is 5.75 Å². The predicted molar refractivity (Wildman–Crippen MR) is 83.3 cm³/mol. The molecule has 1 aromatic carbocycles. The number of thiophene rings is 1. The maximum absolute atomic E-state index is 12.1. The van der Waals surface area contributed by atoms with E-state index in [-0.39, 0.29) is 22.9 Å². The molecule has 0 radical (unpaired) electrons. The summed E-state index contributed by atoms with van der Waals surface area (Å²) in [6.07, 6.45) is 0.358. The number of non-ortho nitro benzene ring substituents is 1. The first kappa shape index (κ1) is 15.2. The third kappa shape index (κ3) is 2.80. The number of carbonyl (C=O) groups is 1. The van der Waals surface area contributed by atoms with Crippen molar-refractivity contribution in [1.29, 1.82) is 0 Å². The van der Waals surface area contributed by atoms with Crippen LogP contribution in [0, 0.1) is 10.1 Å². The highest BCUT2D eigenvalue weighted by Crippen LogP contribution is 2.38. The fourth-order valence-corrected chi connectivity index (χ4v) is 3.27. The average molecular weight is 330 g/mol. The van der Waals surface area contributed by atoms with Gasteiger partial charge in [0.15, 0.2) is 0 Å². The monoisotopic (exact) mass is 330 g/mol. The number of nitrogens with zero attached hydrogens (tertiary/aromatic N) is 3. The van der Waals surface area contributed by atoms with Gasteiger partial charge in [0.05, 0.1) is 21.6 Å². The fourth-order valence-electron chi connectivity index (χ4n) is 2.54. The Morgan fingerprint density at radius 3 is 2.83 bits per heavy atom. The largest absolute Gasteiger partial charge is 0.872 e. The van der Waals surface area contributed by atoms with Crippen LogP contribution in [0.5, 0.6) is 5.75 Å². The molecule has 0 spiro atoms. The van der Waals surface area contributed by atoms with E-state index >= 15 is 0 Å². The summed E-state index contributed by atoms with van der Waals surface area (Å²) >= 11 is 1.49. The van der Waals surface area contributed by atoms with Crippen LogP contribution in [-0.2, 0) is 4.79 Å². The second-order valence-electron chi connectivity index (χ2n) is 5.09. The van der Waals surface area contributed by atoms with Crippen molar-refractivity contribution < 1.29 is 14.8 Å². The van der Waals surface area contributed by atoms with Crippen molar-refractivity contribution in [2.75, 3.05) is 0 Å². The van der Waals surface area contributed by atoms with Gasteiger partial charge in [-0.05, 0) is 17.0 Å². The molecule has 23 heavy (non-hydrogen) atoms. The van der Waals surface area contributed by atoms with Crippen LogP contribution in [0.15, 0.2) is 40.8 Å². The van der Waals surface area contributed by atoms with E-state index in [1.165, 1.54) is 35.4 Å². The molecule has 0 aliphatic carbocycles. The summed E-state index contributed by atoms with van der Waals surface area (Å²) in [5, 5.41) is 30.5. The van der Waals surface area contributed by atoms with Gasteiger partial charge in [0.25, 0.3) is 5.69 Å². The zero-order valence-corrected chi connectivity index (χ0v) is 12.9. The van der Waals surface area contributed by atoms with E-state index < -0.39 is 11.0 Å². The molecule has 1 aromatic heterocycles. The molecule has 0 saturated carbocycles. The Labute approximate surface area is 135 Å². The number of hydrogen-bond donors (Lipinski definition) is 0. The molecular weight excluding hydrogens is 318 g/mol. The van der Waals surface area contributed by atoms with E-state index in [2.05, 4.69) is 5.10 Å². The quantitative estimate of drug-likeness (QED) is 0.637. The van der Waals surface area contributed by atoms with Crippen molar-refractivity contribution in [3.05, 3.63) is 56.3 Å². The van der Waals surface area contributed by atoms with E-state index in [1.54, 1.807) is 0 Å². The molecule has 0 N–H and O–H groups in total. The van der Waals surface area contributed by atoms with Gasteiger partial charge in [-0.3, -0.25) is 14.9 Å². The van der Waals surface area contributed by atoms with E-state index in [4.69, 9.17) is 0 Å². The van der Waals surface area contributed by atoms with Crippen LogP contribution in [0.4, 0.5) is 5.69 Å². The summed E-state index contributed by atoms with van der Waals surface area (Å²) < 4.78 is 0. The Balaban J connectivity index is 2.01. The lowest BCUT2D eigenvalue weighted by molar-refractivity contribution is -0.385. The number of rotatable bonds is 3. The Bertz CT molecular complexity index is 801. The highest BCUT2D eigenvalue weighted by molar-refractivity contribution is 7.12. The molecule has 3 rings (SSSR count). The molecule has 2 aromatic rings. The third-order valence-electron chi connectivity index (χ3n) is 3.60. The second kappa shape index (κ2) is 5.81. The molecule has 2 heterocycles. The predicted octanol–water partition coefficient (Wildman–Crippen LogP) is 2.43. The van der Waals surface area contributed by atoms with Crippen molar-refractivity contribution in [2.24, 2.45) is 5.10 Å². The Hall–Kier alpha value is -2.74. The van der Waals surface area contributed by atoms with Crippen LogP contribution in [-0.4, -0.2) is 21.6 Å². The van der Waals surface area contributed by atoms with Gasteiger partial charge in [0.2, 0.25) is 5.91 Å². The van der Waals surface area contributed by atoms with Gasteiger partial charge in [0.1, 0.15) is 0 Å². The number of amides is 1. The Kier molecular flexibility index (Phi) is 3.83. The SMILES string of the molecule is CC(=O)N1N=C(c2cccs2)C[C@H]1c1cc([N+](=O)[O-])ccc1[O-]. The molecule has 8 heteroatoms. The summed E-state index contributed by atoms with van der Waals surface area (Å²) in [5.41, 5.74) is 0.739. The van der Waals surface area contributed by atoms with Gasteiger partial charge in [-0.15, -0.1) is 17.1 Å². The summed E-state index contributed by atoms with van der Waals surface area (Å²) in [7, 11) is 0. The number of nitro benzene ring substituents is 1. The Morgan fingerprint density at radius 2 is 2.22 bits per heavy atom. The molecular formula is C15H12N3O4S-. The van der Waals surface area contributed by atoms with Crippen LogP contribution in [0.25, 0.3) is 0 Å². The van der Waals surface area contributed by atoms with Crippen LogP contribution < -0.4 is 5.11 Å².